The molecule has 0 spiro atoms. The third-order valence-corrected chi connectivity index (χ3v) is 3.08. The van der Waals surface area contributed by atoms with E-state index >= 15 is 0 Å². The molecular formula is C15H19N3O2. The number of nitrogens with zero attached hydrogens (tertiary/aromatic N) is 3. The maximum Gasteiger partial charge on any atom is 0.315 e. The molecule has 0 aliphatic carbocycles. The Balaban J connectivity index is 2.35. The van der Waals surface area contributed by atoms with Crippen LogP contribution < -0.4 is 0 Å². The summed E-state index contributed by atoms with van der Waals surface area (Å²) in [5.74, 6) is -0.538. The van der Waals surface area contributed by atoms with Crippen molar-refractivity contribution in [3.8, 4) is 5.69 Å². The lowest BCUT2D eigenvalue weighted by Crippen LogP contribution is -2.19. The summed E-state index contributed by atoms with van der Waals surface area (Å²) in [6, 6.07) is 9.67. The summed E-state index contributed by atoms with van der Waals surface area (Å²) in [6.45, 7) is 4.24. The molecule has 2 rings (SSSR count). The molecule has 5 heteroatoms. The van der Waals surface area contributed by atoms with Crippen LogP contribution in [-0.2, 0) is 9.53 Å². The molecule has 1 heterocycles. The first-order valence-corrected chi connectivity index (χ1v) is 6.90. The Labute approximate surface area is 118 Å². The van der Waals surface area contributed by atoms with Gasteiger partial charge in [0.25, 0.3) is 0 Å². The van der Waals surface area contributed by atoms with Gasteiger partial charge in [0.1, 0.15) is 5.92 Å². The largest absolute Gasteiger partial charge is 0.465 e. The molecule has 0 N–H and O–H groups in total. The second-order valence-electron chi connectivity index (χ2n) is 4.50. The van der Waals surface area contributed by atoms with Crippen molar-refractivity contribution in [2.24, 2.45) is 0 Å². The van der Waals surface area contributed by atoms with E-state index in [1.807, 2.05) is 44.2 Å². The number of hydrogen-bond donors (Lipinski definition) is 0. The zero-order valence-corrected chi connectivity index (χ0v) is 11.8. The van der Waals surface area contributed by atoms with Gasteiger partial charge < -0.3 is 4.74 Å². The van der Waals surface area contributed by atoms with Gasteiger partial charge in [-0.2, -0.15) is 0 Å². The fourth-order valence-corrected chi connectivity index (χ4v) is 2.17. The van der Waals surface area contributed by atoms with Crippen molar-refractivity contribution in [3.05, 3.63) is 42.2 Å². The highest BCUT2D eigenvalue weighted by Crippen LogP contribution is 2.24. The Kier molecular flexibility index (Phi) is 4.87. The Morgan fingerprint density at radius 1 is 1.30 bits per heavy atom. The van der Waals surface area contributed by atoms with E-state index in [4.69, 9.17) is 4.74 Å². The molecule has 1 aromatic heterocycles. The molecule has 0 saturated heterocycles. The van der Waals surface area contributed by atoms with Gasteiger partial charge in [-0.15, -0.1) is 5.10 Å². The molecule has 0 fully saturated rings. The molecule has 0 amide bonds. The molecule has 0 saturated carbocycles. The molecule has 1 aromatic carbocycles. The maximum absolute atomic E-state index is 12.1. The second-order valence-corrected chi connectivity index (χ2v) is 4.50. The van der Waals surface area contributed by atoms with Crippen molar-refractivity contribution in [1.29, 1.82) is 0 Å². The number of rotatable bonds is 6. The summed E-state index contributed by atoms with van der Waals surface area (Å²) >= 11 is 0. The normalized spacial score (nSPS) is 12.1. The van der Waals surface area contributed by atoms with Crippen molar-refractivity contribution in [1.82, 2.24) is 15.0 Å². The van der Waals surface area contributed by atoms with Crippen LogP contribution in [0.25, 0.3) is 5.69 Å². The lowest BCUT2D eigenvalue weighted by Gasteiger charge is -2.15. The molecule has 1 atom stereocenters. The van der Waals surface area contributed by atoms with Crippen molar-refractivity contribution in [2.75, 3.05) is 6.61 Å². The van der Waals surface area contributed by atoms with Gasteiger partial charge in [0, 0.05) is 0 Å². The van der Waals surface area contributed by atoms with E-state index in [0.717, 1.165) is 24.2 Å². The third-order valence-electron chi connectivity index (χ3n) is 3.08. The van der Waals surface area contributed by atoms with E-state index in [2.05, 4.69) is 10.3 Å². The van der Waals surface area contributed by atoms with Gasteiger partial charge >= 0.3 is 5.97 Å². The summed E-state index contributed by atoms with van der Waals surface area (Å²) in [4.78, 5) is 12.1. The summed E-state index contributed by atoms with van der Waals surface area (Å²) < 4.78 is 6.87. The number of esters is 1. The topological polar surface area (TPSA) is 57.0 Å². The Morgan fingerprint density at radius 3 is 2.70 bits per heavy atom. The van der Waals surface area contributed by atoms with E-state index in [-0.39, 0.29) is 11.9 Å². The number of carbonyl (C=O) groups is 1. The van der Waals surface area contributed by atoms with Crippen LogP contribution in [0.2, 0.25) is 0 Å². The summed E-state index contributed by atoms with van der Waals surface area (Å²) in [5, 5.41) is 8.04. The average molecular weight is 273 g/mol. The smallest absolute Gasteiger partial charge is 0.315 e. The van der Waals surface area contributed by atoms with Gasteiger partial charge in [0.05, 0.1) is 24.2 Å². The maximum atomic E-state index is 12.1. The van der Waals surface area contributed by atoms with Crippen molar-refractivity contribution in [3.63, 3.8) is 0 Å². The van der Waals surface area contributed by atoms with Crippen molar-refractivity contribution >= 4 is 5.97 Å². The molecule has 0 aliphatic heterocycles. The van der Waals surface area contributed by atoms with E-state index in [9.17, 15) is 4.79 Å². The van der Waals surface area contributed by atoms with E-state index in [0.29, 0.717) is 6.61 Å². The molecule has 1 unspecified atom stereocenters. The molecule has 0 aliphatic rings. The van der Waals surface area contributed by atoms with Gasteiger partial charge in [-0.25, -0.2) is 4.68 Å². The van der Waals surface area contributed by atoms with E-state index in [1.54, 1.807) is 10.9 Å². The molecule has 5 nitrogen and oxygen atoms in total. The van der Waals surface area contributed by atoms with Crippen LogP contribution in [0, 0.1) is 0 Å². The first kappa shape index (κ1) is 14.2. The summed E-state index contributed by atoms with van der Waals surface area (Å²) in [7, 11) is 0. The van der Waals surface area contributed by atoms with Crippen LogP contribution in [0.4, 0.5) is 0 Å². The average Bonchev–Trinajstić information content (AvgIpc) is 2.95. The van der Waals surface area contributed by atoms with Crippen molar-refractivity contribution < 1.29 is 9.53 Å². The SMILES string of the molecule is CCCC(C(=O)OCC)c1cnnn1-c1ccccc1. The molecule has 20 heavy (non-hydrogen) atoms. The Hall–Kier alpha value is -2.17. The predicted molar refractivity (Wildman–Crippen MR) is 75.6 cm³/mol. The van der Waals surface area contributed by atoms with Crippen LogP contribution in [0.3, 0.4) is 0 Å². The fraction of sp³-hybridized carbons (Fsp3) is 0.400. The van der Waals surface area contributed by atoms with Gasteiger partial charge in [0.15, 0.2) is 0 Å². The van der Waals surface area contributed by atoms with Gasteiger partial charge in [-0.1, -0.05) is 36.8 Å². The number of ether oxygens (including phenoxy) is 1. The predicted octanol–water partition coefficient (Wildman–Crippen LogP) is 2.71. The first-order chi connectivity index (χ1) is 9.77. The molecular weight excluding hydrogens is 254 g/mol. The quantitative estimate of drug-likeness (QED) is 0.759. The Bertz CT molecular complexity index is 551. The van der Waals surface area contributed by atoms with Crippen LogP contribution in [0.1, 0.15) is 38.3 Å². The van der Waals surface area contributed by atoms with Gasteiger partial charge in [-0.3, -0.25) is 4.79 Å². The van der Waals surface area contributed by atoms with E-state index < -0.39 is 0 Å². The zero-order valence-electron chi connectivity index (χ0n) is 11.8. The van der Waals surface area contributed by atoms with Crippen LogP contribution in [-0.4, -0.2) is 27.6 Å². The minimum Gasteiger partial charge on any atom is -0.465 e. The monoisotopic (exact) mass is 273 g/mol. The number of benzene rings is 1. The highest BCUT2D eigenvalue weighted by atomic mass is 16.5. The number of para-hydroxylation sites is 1. The second kappa shape index (κ2) is 6.84. The molecule has 0 bridgehead atoms. The lowest BCUT2D eigenvalue weighted by atomic mass is 10.0. The van der Waals surface area contributed by atoms with Crippen molar-refractivity contribution in [2.45, 2.75) is 32.6 Å². The number of hydrogen-bond acceptors (Lipinski definition) is 4. The molecule has 0 radical (unpaired) electrons. The number of aromatic nitrogens is 3. The van der Waals surface area contributed by atoms with Gasteiger partial charge in [-0.05, 0) is 25.5 Å². The summed E-state index contributed by atoms with van der Waals surface area (Å²) in [5.41, 5.74) is 1.67. The minimum atomic E-state index is -0.324. The van der Waals surface area contributed by atoms with Crippen LogP contribution in [0.15, 0.2) is 36.5 Å². The number of carbonyl (C=O) groups excluding carboxylic acids is 1. The lowest BCUT2D eigenvalue weighted by molar-refractivity contribution is -0.145. The Morgan fingerprint density at radius 2 is 2.05 bits per heavy atom. The first-order valence-electron chi connectivity index (χ1n) is 6.90. The minimum absolute atomic E-state index is 0.214. The summed E-state index contributed by atoms with van der Waals surface area (Å²) in [6.07, 6.45) is 3.26. The standard InChI is InChI=1S/C15H19N3O2/c1-3-8-13(15(19)20-4-2)14-11-16-17-18(14)12-9-6-5-7-10-12/h5-7,9-11,13H,3-4,8H2,1-2H3. The fourth-order valence-electron chi connectivity index (χ4n) is 2.17. The highest BCUT2D eigenvalue weighted by molar-refractivity contribution is 5.77. The van der Waals surface area contributed by atoms with Crippen LogP contribution in [0.5, 0.6) is 0 Å². The molecule has 106 valence electrons. The van der Waals surface area contributed by atoms with E-state index in [1.165, 1.54) is 0 Å². The molecule has 2 aromatic rings. The highest BCUT2D eigenvalue weighted by Gasteiger charge is 2.25. The van der Waals surface area contributed by atoms with Crippen LogP contribution >= 0.6 is 0 Å². The zero-order chi connectivity index (χ0) is 14.4. The third kappa shape index (κ3) is 3.04. The van der Waals surface area contributed by atoms with Gasteiger partial charge in [0.2, 0.25) is 0 Å².